The zero-order valence-corrected chi connectivity index (χ0v) is 20.8. The molecule has 1 aliphatic heterocycles. The number of pyridine rings is 1. The summed E-state index contributed by atoms with van der Waals surface area (Å²) in [6, 6.07) is 25.6. The van der Waals surface area contributed by atoms with Crippen molar-refractivity contribution in [1.29, 1.82) is 0 Å². The number of hydrogen-bond acceptors (Lipinski definition) is 3. The Kier molecular flexibility index (Phi) is 5.75. The first-order valence-electron chi connectivity index (χ1n) is 12.8. The van der Waals surface area contributed by atoms with Crippen LogP contribution >= 0.6 is 11.3 Å². The minimum absolute atomic E-state index is 0. The summed E-state index contributed by atoms with van der Waals surface area (Å²) in [5.74, 6) is 0. The van der Waals surface area contributed by atoms with E-state index in [1.54, 1.807) is 17.4 Å². The van der Waals surface area contributed by atoms with Gasteiger partial charge in [-0.1, -0.05) is 41.7 Å². The van der Waals surface area contributed by atoms with Crippen LogP contribution in [0.1, 0.15) is 30.8 Å². The van der Waals surface area contributed by atoms with Gasteiger partial charge in [-0.05, 0) is 52.8 Å². The first-order chi connectivity index (χ1) is 17.8. The first kappa shape index (κ1) is 17.5. The molecular weight excluding hydrogens is 601 g/mol. The van der Waals surface area contributed by atoms with Crippen LogP contribution in [0, 0.1) is 19.0 Å². The van der Waals surface area contributed by atoms with Crippen molar-refractivity contribution in [2.75, 3.05) is 0 Å². The molecule has 3 aromatic carbocycles. The van der Waals surface area contributed by atoms with E-state index >= 15 is 0 Å². The SMILES string of the molecule is [2H]c1c(C([2H])([2H])[2H])cnc(-c2[c-]ccc3c2sc2ccccc23)c1[2H].[Ir].[c-]1ccccc1C1=NC=CCC1. The molecular formula is C29H22IrN2S-2. The van der Waals surface area contributed by atoms with Crippen molar-refractivity contribution in [3.63, 3.8) is 0 Å². The maximum atomic E-state index is 8.25. The van der Waals surface area contributed by atoms with Crippen LogP contribution in [0.2, 0.25) is 0 Å². The quantitative estimate of drug-likeness (QED) is 0.183. The van der Waals surface area contributed by atoms with E-state index in [9.17, 15) is 0 Å². The standard InChI is InChI=1S/C18H12NS.C11H10N.Ir/c1-12-9-10-16(19-11-12)15-7-4-6-14-13-5-2-3-8-17(13)20-18(14)15;1-2-6-10(7-3-1)11-8-4-5-9-12-11;/h2-6,8-11H,1H3;1-3,5-6,9H,4,8H2;/q2*-1;/i1D3,9D,10D;;. The molecule has 0 atom stereocenters. The summed E-state index contributed by atoms with van der Waals surface area (Å²) in [6.07, 6.45) is 7.29. The van der Waals surface area contributed by atoms with Crippen LogP contribution in [0.3, 0.4) is 0 Å². The molecule has 0 amide bonds. The number of aryl methyl sites for hydroxylation is 1. The molecule has 2 aromatic heterocycles. The van der Waals surface area contributed by atoms with Gasteiger partial charge in [0.25, 0.3) is 0 Å². The predicted octanol–water partition coefficient (Wildman–Crippen LogP) is 7.81. The fourth-order valence-electron chi connectivity index (χ4n) is 3.59. The molecule has 3 heterocycles. The Morgan fingerprint density at radius 3 is 2.73 bits per heavy atom. The minimum Gasteiger partial charge on any atom is -0.309 e. The average molecular weight is 628 g/mol. The van der Waals surface area contributed by atoms with E-state index < -0.39 is 6.85 Å². The molecule has 1 aliphatic rings. The second kappa shape index (κ2) is 10.8. The molecule has 5 aromatic rings. The van der Waals surface area contributed by atoms with E-state index in [1.807, 2.05) is 54.7 Å². The Hall–Kier alpha value is -2.91. The molecule has 0 unspecified atom stereocenters. The topological polar surface area (TPSA) is 25.2 Å². The zero-order chi connectivity index (χ0) is 26.0. The molecule has 0 saturated carbocycles. The van der Waals surface area contributed by atoms with Crippen LogP contribution in [0.5, 0.6) is 0 Å². The molecule has 2 nitrogen and oxygen atoms in total. The summed E-state index contributed by atoms with van der Waals surface area (Å²) >= 11 is 1.58. The molecule has 165 valence electrons. The van der Waals surface area contributed by atoms with Crippen LogP contribution in [0.25, 0.3) is 31.4 Å². The van der Waals surface area contributed by atoms with Crippen molar-refractivity contribution < 1.29 is 27.0 Å². The summed E-state index contributed by atoms with van der Waals surface area (Å²) < 4.78 is 40.8. The Morgan fingerprint density at radius 1 is 1.00 bits per heavy atom. The third-order valence-corrected chi connectivity index (χ3v) is 6.32. The Bertz CT molecular complexity index is 1640. The molecule has 0 bridgehead atoms. The van der Waals surface area contributed by atoms with Crippen molar-refractivity contribution in [2.24, 2.45) is 4.99 Å². The van der Waals surface area contributed by atoms with Gasteiger partial charge in [0, 0.05) is 41.3 Å². The molecule has 0 spiro atoms. The number of aliphatic imine (C=N–C) groups is 1. The Labute approximate surface area is 219 Å². The fraction of sp³-hybridized carbons (Fsp3) is 0.103. The van der Waals surface area contributed by atoms with Gasteiger partial charge < -0.3 is 9.98 Å². The van der Waals surface area contributed by atoms with Crippen LogP contribution in [-0.4, -0.2) is 10.7 Å². The second-order valence-electron chi connectivity index (χ2n) is 7.24. The number of allylic oxidation sites excluding steroid dienone is 1. The summed E-state index contributed by atoms with van der Waals surface area (Å²) in [6.45, 7) is -2.45. The maximum Gasteiger partial charge on any atom is 0.0618 e. The van der Waals surface area contributed by atoms with Gasteiger partial charge in [0.2, 0.25) is 0 Å². The van der Waals surface area contributed by atoms with Crippen LogP contribution in [-0.2, 0) is 20.1 Å². The first-order valence-corrected chi connectivity index (χ1v) is 11.1. The van der Waals surface area contributed by atoms with Crippen LogP contribution in [0.15, 0.2) is 96.2 Å². The zero-order valence-electron chi connectivity index (χ0n) is 22.6. The molecule has 0 saturated heterocycles. The van der Waals surface area contributed by atoms with Gasteiger partial charge in [0.15, 0.2) is 0 Å². The summed E-state index contributed by atoms with van der Waals surface area (Å²) in [5.41, 5.74) is 2.99. The van der Waals surface area contributed by atoms with Gasteiger partial charge in [-0.25, -0.2) is 0 Å². The third-order valence-electron chi connectivity index (χ3n) is 5.12. The summed E-state index contributed by atoms with van der Waals surface area (Å²) in [7, 11) is 0. The monoisotopic (exact) mass is 628 g/mol. The number of rotatable bonds is 2. The van der Waals surface area contributed by atoms with E-state index in [0.29, 0.717) is 5.56 Å². The van der Waals surface area contributed by atoms with E-state index in [-0.39, 0.29) is 43.4 Å². The molecule has 0 fully saturated rings. The van der Waals surface area contributed by atoms with Gasteiger partial charge in [-0.15, -0.1) is 59.7 Å². The third kappa shape index (κ3) is 5.20. The molecule has 6 rings (SSSR count). The Morgan fingerprint density at radius 2 is 1.91 bits per heavy atom. The number of aromatic nitrogens is 1. The van der Waals surface area contributed by atoms with Gasteiger partial charge in [-0.3, -0.25) is 0 Å². The number of hydrogen-bond donors (Lipinski definition) is 0. The van der Waals surface area contributed by atoms with E-state index in [2.05, 4.69) is 34.3 Å². The summed E-state index contributed by atoms with van der Waals surface area (Å²) in [5, 5.41) is 2.16. The van der Waals surface area contributed by atoms with Crippen LogP contribution < -0.4 is 0 Å². The van der Waals surface area contributed by atoms with Crippen molar-refractivity contribution >= 4 is 37.2 Å². The smallest absolute Gasteiger partial charge is 0.0618 e. The van der Waals surface area contributed by atoms with Crippen molar-refractivity contribution in [1.82, 2.24) is 4.98 Å². The van der Waals surface area contributed by atoms with Crippen molar-refractivity contribution in [2.45, 2.75) is 19.7 Å². The molecule has 0 N–H and O–H groups in total. The van der Waals surface area contributed by atoms with E-state index in [0.717, 1.165) is 44.3 Å². The molecule has 33 heavy (non-hydrogen) atoms. The van der Waals surface area contributed by atoms with Crippen LogP contribution in [0.4, 0.5) is 0 Å². The fourth-order valence-corrected chi connectivity index (χ4v) is 4.79. The normalized spacial score (nSPS) is 15.2. The van der Waals surface area contributed by atoms with Gasteiger partial charge in [0.1, 0.15) is 0 Å². The number of nitrogens with zero attached hydrogens (tertiary/aromatic N) is 2. The second-order valence-corrected chi connectivity index (χ2v) is 8.29. The average Bonchev–Trinajstić information content (AvgIpc) is 3.30. The summed E-state index contributed by atoms with van der Waals surface area (Å²) in [4.78, 5) is 8.51. The molecule has 4 heteroatoms. The van der Waals surface area contributed by atoms with Crippen molar-refractivity contribution in [3.8, 4) is 11.3 Å². The molecule has 0 aliphatic carbocycles. The number of thiophene rings is 1. The largest absolute Gasteiger partial charge is 0.309 e. The molecule has 1 radical (unpaired) electrons. The predicted molar refractivity (Wildman–Crippen MR) is 136 cm³/mol. The Balaban J connectivity index is 0.000000218. The van der Waals surface area contributed by atoms with Crippen molar-refractivity contribution in [3.05, 3.63) is 114 Å². The van der Waals surface area contributed by atoms with E-state index in [1.165, 1.54) is 6.20 Å². The minimum atomic E-state index is -2.45. The number of benzene rings is 3. The van der Waals surface area contributed by atoms with Gasteiger partial charge >= 0.3 is 0 Å². The van der Waals surface area contributed by atoms with E-state index in [4.69, 9.17) is 6.85 Å². The van der Waals surface area contributed by atoms with Gasteiger partial charge in [-0.2, -0.15) is 11.3 Å². The number of fused-ring (bicyclic) bond motifs is 3. The maximum absolute atomic E-state index is 8.25. The van der Waals surface area contributed by atoms with Gasteiger partial charge in [0.05, 0.1) is 2.74 Å².